The summed E-state index contributed by atoms with van der Waals surface area (Å²) in [5, 5.41) is 11.8. The molecule has 4 nitrogen and oxygen atoms in total. The molecule has 116 valence electrons. The van der Waals surface area contributed by atoms with Gasteiger partial charge in [0.25, 0.3) is 5.91 Å². The van der Waals surface area contributed by atoms with Gasteiger partial charge in [0.2, 0.25) is 0 Å². The van der Waals surface area contributed by atoms with Crippen molar-refractivity contribution in [3.05, 3.63) is 64.4 Å². The molecule has 2 rings (SSSR count). The second-order valence-corrected chi connectivity index (χ2v) is 4.87. The average molecular weight is 331 g/mol. The maximum atomic E-state index is 13.8. The molecule has 0 aliphatic rings. The van der Waals surface area contributed by atoms with E-state index in [1.165, 1.54) is 25.3 Å². The standard InChI is InChI=1S/C17H12ClFN2O2/c1-23-16-8-3-2-7-15(16)21-17(22)11(10-20)9-12-13(18)5-4-6-14(12)19/h2-9H,1H3,(H,21,22)/b11-9+. The predicted octanol–water partition coefficient (Wildman–Crippen LogP) is 4.03. The fourth-order valence-electron chi connectivity index (χ4n) is 1.88. The molecule has 0 heterocycles. The first-order chi connectivity index (χ1) is 11.1. The molecule has 0 bridgehead atoms. The van der Waals surface area contributed by atoms with Crippen LogP contribution in [0.15, 0.2) is 48.0 Å². The van der Waals surface area contributed by atoms with Crippen molar-refractivity contribution in [1.82, 2.24) is 0 Å². The Labute approximate surface area is 137 Å². The molecule has 0 unspecified atom stereocenters. The number of anilines is 1. The van der Waals surface area contributed by atoms with E-state index in [4.69, 9.17) is 21.6 Å². The minimum atomic E-state index is -0.684. The molecule has 0 spiro atoms. The first kappa shape index (κ1) is 16.5. The van der Waals surface area contributed by atoms with Gasteiger partial charge in [0.05, 0.1) is 17.8 Å². The van der Waals surface area contributed by atoms with Crippen LogP contribution in [0.1, 0.15) is 5.56 Å². The maximum Gasteiger partial charge on any atom is 0.266 e. The largest absolute Gasteiger partial charge is 0.495 e. The van der Waals surface area contributed by atoms with E-state index in [0.717, 1.165) is 6.08 Å². The predicted molar refractivity (Wildman–Crippen MR) is 86.6 cm³/mol. The fraction of sp³-hybridized carbons (Fsp3) is 0.0588. The van der Waals surface area contributed by atoms with Crippen LogP contribution in [0.25, 0.3) is 6.08 Å². The lowest BCUT2D eigenvalue weighted by molar-refractivity contribution is -0.112. The van der Waals surface area contributed by atoms with E-state index in [9.17, 15) is 9.18 Å². The molecule has 0 saturated heterocycles. The summed E-state index contributed by atoms with van der Waals surface area (Å²) in [7, 11) is 1.46. The highest BCUT2D eigenvalue weighted by atomic mass is 35.5. The lowest BCUT2D eigenvalue weighted by Crippen LogP contribution is -2.14. The normalized spacial score (nSPS) is 10.8. The zero-order chi connectivity index (χ0) is 16.8. The van der Waals surface area contributed by atoms with E-state index in [-0.39, 0.29) is 16.2 Å². The number of halogens is 2. The Bertz CT molecular complexity index is 792. The van der Waals surface area contributed by atoms with Crippen LogP contribution in [-0.4, -0.2) is 13.0 Å². The maximum absolute atomic E-state index is 13.8. The van der Waals surface area contributed by atoms with Crippen LogP contribution < -0.4 is 10.1 Å². The summed E-state index contributed by atoms with van der Waals surface area (Å²) in [5.41, 5.74) is 0.115. The van der Waals surface area contributed by atoms with Crippen molar-refractivity contribution in [3.8, 4) is 11.8 Å². The van der Waals surface area contributed by atoms with E-state index < -0.39 is 11.7 Å². The number of nitriles is 1. The first-order valence-electron chi connectivity index (χ1n) is 6.57. The number of benzene rings is 2. The quantitative estimate of drug-likeness (QED) is 0.680. The van der Waals surface area contributed by atoms with Crippen LogP contribution in [0, 0.1) is 17.1 Å². The highest BCUT2D eigenvalue weighted by Gasteiger charge is 2.14. The van der Waals surface area contributed by atoms with Crippen LogP contribution in [-0.2, 0) is 4.79 Å². The van der Waals surface area contributed by atoms with Crippen LogP contribution in [0.4, 0.5) is 10.1 Å². The Morgan fingerprint density at radius 3 is 2.70 bits per heavy atom. The number of rotatable bonds is 4. The SMILES string of the molecule is COc1ccccc1NC(=O)/C(C#N)=C/c1c(F)cccc1Cl. The Morgan fingerprint density at radius 1 is 1.30 bits per heavy atom. The Hall–Kier alpha value is -2.84. The van der Waals surface area contributed by atoms with Gasteiger partial charge in [-0.15, -0.1) is 0 Å². The Morgan fingerprint density at radius 2 is 2.04 bits per heavy atom. The molecule has 2 aromatic rings. The third-order valence-electron chi connectivity index (χ3n) is 3.01. The number of carbonyl (C=O) groups is 1. The molecule has 1 amide bonds. The van der Waals surface area contributed by atoms with Gasteiger partial charge in [0.15, 0.2) is 0 Å². The first-order valence-corrected chi connectivity index (χ1v) is 6.94. The molecule has 0 aliphatic heterocycles. The molecule has 1 N–H and O–H groups in total. The molecule has 0 aromatic heterocycles. The molecule has 0 atom stereocenters. The Balaban J connectivity index is 2.33. The number of hydrogen-bond acceptors (Lipinski definition) is 3. The summed E-state index contributed by atoms with van der Waals surface area (Å²) >= 11 is 5.90. The lowest BCUT2D eigenvalue weighted by Gasteiger charge is -2.09. The zero-order valence-corrected chi connectivity index (χ0v) is 12.9. The highest BCUT2D eigenvalue weighted by molar-refractivity contribution is 6.32. The molecule has 0 radical (unpaired) electrons. The van der Waals surface area contributed by atoms with Gasteiger partial charge in [-0.05, 0) is 30.3 Å². The monoisotopic (exact) mass is 330 g/mol. The van der Waals surface area contributed by atoms with Gasteiger partial charge >= 0.3 is 0 Å². The van der Waals surface area contributed by atoms with Crippen LogP contribution in [0.5, 0.6) is 5.75 Å². The average Bonchev–Trinajstić information content (AvgIpc) is 2.55. The number of nitrogens with one attached hydrogen (secondary N) is 1. The van der Waals surface area contributed by atoms with Crippen LogP contribution in [0.3, 0.4) is 0 Å². The summed E-state index contributed by atoms with van der Waals surface area (Å²) in [6.45, 7) is 0. The van der Waals surface area contributed by atoms with Gasteiger partial charge in [-0.1, -0.05) is 29.8 Å². The van der Waals surface area contributed by atoms with Gasteiger partial charge in [-0.25, -0.2) is 4.39 Å². The second kappa shape index (κ2) is 7.43. The molecule has 6 heteroatoms. The van der Waals surface area contributed by atoms with Crippen molar-refractivity contribution in [2.24, 2.45) is 0 Å². The second-order valence-electron chi connectivity index (χ2n) is 4.46. The zero-order valence-electron chi connectivity index (χ0n) is 12.1. The van der Waals surface area contributed by atoms with Crippen LogP contribution >= 0.6 is 11.6 Å². The van der Waals surface area contributed by atoms with E-state index in [1.807, 2.05) is 0 Å². The number of hydrogen-bond donors (Lipinski definition) is 1. The Kier molecular flexibility index (Phi) is 5.34. The van der Waals surface area contributed by atoms with Crippen molar-refractivity contribution in [3.63, 3.8) is 0 Å². The van der Waals surface area contributed by atoms with Crippen molar-refractivity contribution < 1.29 is 13.9 Å². The minimum Gasteiger partial charge on any atom is -0.495 e. The molecular weight excluding hydrogens is 319 g/mol. The minimum absolute atomic E-state index is 0.0131. The third kappa shape index (κ3) is 3.87. The van der Waals surface area contributed by atoms with Crippen molar-refractivity contribution >= 4 is 29.3 Å². The van der Waals surface area contributed by atoms with Crippen molar-refractivity contribution in [2.45, 2.75) is 0 Å². The van der Waals surface area contributed by atoms with Gasteiger partial charge in [0.1, 0.15) is 23.2 Å². The number of ether oxygens (including phenoxy) is 1. The molecule has 23 heavy (non-hydrogen) atoms. The topological polar surface area (TPSA) is 62.1 Å². The third-order valence-corrected chi connectivity index (χ3v) is 3.34. The molecule has 0 saturated carbocycles. The number of amides is 1. The summed E-state index contributed by atoms with van der Waals surface area (Å²) in [6, 6.07) is 12.6. The molecular formula is C17H12ClFN2O2. The fourth-order valence-corrected chi connectivity index (χ4v) is 2.10. The summed E-state index contributed by atoms with van der Waals surface area (Å²) in [6.07, 6.45) is 1.11. The number of para-hydroxylation sites is 2. The number of nitrogens with zero attached hydrogens (tertiary/aromatic N) is 1. The molecule has 0 fully saturated rings. The highest BCUT2D eigenvalue weighted by Crippen LogP contribution is 2.25. The van der Waals surface area contributed by atoms with E-state index in [0.29, 0.717) is 11.4 Å². The van der Waals surface area contributed by atoms with Gasteiger partial charge < -0.3 is 10.1 Å². The number of methoxy groups -OCH3 is 1. The molecule has 2 aromatic carbocycles. The summed E-state index contributed by atoms with van der Waals surface area (Å²) < 4.78 is 18.9. The summed E-state index contributed by atoms with van der Waals surface area (Å²) in [5.74, 6) is -0.853. The van der Waals surface area contributed by atoms with E-state index >= 15 is 0 Å². The van der Waals surface area contributed by atoms with Gasteiger partial charge in [0, 0.05) is 5.56 Å². The lowest BCUT2D eigenvalue weighted by atomic mass is 10.1. The van der Waals surface area contributed by atoms with Crippen molar-refractivity contribution in [1.29, 1.82) is 5.26 Å². The van der Waals surface area contributed by atoms with E-state index in [1.54, 1.807) is 30.3 Å². The van der Waals surface area contributed by atoms with Crippen molar-refractivity contribution in [2.75, 3.05) is 12.4 Å². The van der Waals surface area contributed by atoms with Crippen LogP contribution in [0.2, 0.25) is 5.02 Å². The van der Waals surface area contributed by atoms with Gasteiger partial charge in [-0.3, -0.25) is 4.79 Å². The van der Waals surface area contributed by atoms with E-state index in [2.05, 4.69) is 5.32 Å². The smallest absolute Gasteiger partial charge is 0.266 e. The summed E-state index contributed by atoms with van der Waals surface area (Å²) in [4.78, 5) is 12.2. The number of carbonyl (C=O) groups excluding carboxylic acids is 1. The molecule has 0 aliphatic carbocycles. The van der Waals surface area contributed by atoms with Gasteiger partial charge in [-0.2, -0.15) is 5.26 Å².